The molecule has 11 heavy (non-hydrogen) atoms. The number of aromatic nitrogens is 3. The van der Waals surface area contributed by atoms with Crippen LogP contribution in [0.5, 0.6) is 0 Å². The number of hydrogen-bond donors (Lipinski definition) is 2. The first-order valence-corrected chi connectivity index (χ1v) is 3.79. The smallest absolute Gasteiger partial charge is 0.153 e. The predicted octanol–water partition coefficient (Wildman–Crippen LogP) is 0.948. The van der Waals surface area contributed by atoms with Crippen LogP contribution >= 0.6 is 0 Å². The fourth-order valence-corrected chi connectivity index (χ4v) is 0.750. The zero-order valence-electron chi connectivity index (χ0n) is 7.13. The highest BCUT2D eigenvalue weighted by atomic mass is 15.2. The van der Waals surface area contributed by atoms with Crippen LogP contribution in [0.4, 0.5) is 0 Å². The Morgan fingerprint density at radius 3 is 2.27 bits per heavy atom. The van der Waals surface area contributed by atoms with Gasteiger partial charge in [0.05, 0.1) is 6.04 Å². The van der Waals surface area contributed by atoms with Crippen LogP contribution in [0.1, 0.15) is 44.4 Å². The summed E-state index contributed by atoms with van der Waals surface area (Å²) in [4.78, 5) is 4.22. The van der Waals surface area contributed by atoms with E-state index < -0.39 is 0 Å². The summed E-state index contributed by atoms with van der Waals surface area (Å²) in [5, 5.41) is 6.82. The van der Waals surface area contributed by atoms with Gasteiger partial charge in [-0.05, 0) is 6.92 Å². The number of nitrogens with one attached hydrogen (secondary N) is 1. The molecule has 0 aliphatic rings. The minimum Gasteiger partial charge on any atom is -0.322 e. The van der Waals surface area contributed by atoms with E-state index >= 15 is 0 Å². The maximum absolute atomic E-state index is 5.59. The Kier molecular flexibility index (Phi) is 2.24. The molecule has 4 nitrogen and oxygen atoms in total. The van der Waals surface area contributed by atoms with Crippen molar-refractivity contribution >= 4 is 0 Å². The van der Waals surface area contributed by atoms with Gasteiger partial charge >= 0.3 is 0 Å². The van der Waals surface area contributed by atoms with Crippen molar-refractivity contribution in [3.05, 3.63) is 11.6 Å². The number of rotatable bonds is 2. The molecule has 0 aromatic carbocycles. The third kappa shape index (κ3) is 1.77. The van der Waals surface area contributed by atoms with E-state index in [0.717, 1.165) is 11.6 Å². The summed E-state index contributed by atoms with van der Waals surface area (Å²) >= 11 is 0. The van der Waals surface area contributed by atoms with Crippen molar-refractivity contribution in [3.63, 3.8) is 0 Å². The molecule has 4 heteroatoms. The second-order valence-electron chi connectivity index (χ2n) is 3.02. The molecule has 62 valence electrons. The molecule has 1 aromatic rings. The van der Waals surface area contributed by atoms with Gasteiger partial charge in [-0.3, -0.25) is 5.10 Å². The van der Waals surface area contributed by atoms with Crippen LogP contribution in [0.15, 0.2) is 0 Å². The molecule has 0 radical (unpaired) electrons. The standard InChI is InChI=1S/C7H14N4/c1-4(2)6-9-7(5(3)8)11-10-6/h4-5H,8H2,1-3H3,(H,9,10,11)/t5-/m1/s1. The van der Waals surface area contributed by atoms with Crippen molar-refractivity contribution in [3.8, 4) is 0 Å². The molecule has 1 rings (SSSR count). The van der Waals surface area contributed by atoms with Crippen LogP contribution in [0.25, 0.3) is 0 Å². The van der Waals surface area contributed by atoms with E-state index in [0.29, 0.717) is 5.92 Å². The summed E-state index contributed by atoms with van der Waals surface area (Å²) in [5.74, 6) is 1.95. The molecule has 0 aliphatic carbocycles. The molecule has 0 unspecified atom stereocenters. The van der Waals surface area contributed by atoms with Crippen LogP contribution in [-0.4, -0.2) is 15.2 Å². The Morgan fingerprint density at radius 1 is 1.36 bits per heavy atom. The lowest BCUT2D eigenvalue weighted by Gasteiger charge is -1.97. The van der Waals surface area contributed by atoms with Crippen molar-refractivity contribution in [2.24, 2.45) is 5.73 Å². The highest BCUT2D eigenvalue weighted by molar-refractivity contribution is 4.97. The predicted molar refractivity (Wildman–Crippen MR) is 43.1 cm³/mol. The normalized spacial score (nSPS) is 13.9. The lowest BCUT2D eigenvalue weighted by atomic mass is 10.2. The number of H-pyrrole nitrogens is 1. The van der Waals surface area contributed by atoms with Crippen LogP contribution in [0.2, 0.25) is 0 Å². The van der Waals surface area contributed by atoms with Crippen molar-refractivity contribution < 1.29 is 0 Å². The third-order valence-electron chi connectivity index (χ3n) is 1.47. The van der Waals surface area contributed by atoms with E-state index in [2.05, 4.69) is 15.2 Å². The van der Waals surface area contributed by atoms with Gasteiger partial charge in [-0.1, -0.05) is 13.8 Å². The molecule has 1 atom stereocenters. The Hall–Kier alpha value is -0.900. The van der Waals surface area contributed by atoms with Crippen LogP contribution in [0, 0.1) is 0 Å². The maximum Gasteiger partial charge on any atom is 0.153 e. The number of aromatic amines is 1. The fourth-order valence-electron chi connectivity index (χ4n) is 0.750. The van der Waals surface area contributed by atoms with Crippen molar-refractivity contribution in [2.45, 2.75) is 32.7 Å². The van der Waals surface area contributed by atoms with Crippen molar-refractivity contribution in [2.75, 3.05) is 0 Å². The molecule has 1 aromatic heterocycles. The van der Waals surface area contributed by atoms with Crippen molar-refractivity contribution in [1.29, 1.82) is 0 Å². The van der Waals surface area contributed by atoms with Crippen LogP contribution in [-0.2, 0) is 0 Å². The SMILES string of the molecule is CC(C)c1n[nH]c([C@@H](C)N)n1. The summed E-state index contributed by atoms with van der Waals surface area (Å²) in [6, 6.07) is -0.0602. The zero-order chi connectivity index (χ0) is 8.43. The fraction of sp³-hybridized carbons (Fsp3) is 0.714. The summed E-state index contributed by atoms with van der Waals surface area (Å²) in [7, 11) is 0. The molecule has 0 amide bonds. The average molecular weight is 154 g/mol. The Labute approximate surface area is 66.2 Å². The maximum atomic E-state index is 5.59. The zero-order valence-corrected chi connectivity index (χ0v) is 7.13. The van der Waals surface area contributed by atoms with Gasteiger partial charge in [-0.15, -0.1) is 0 Å². The summed E-state index contributed by atoms with van der Waals surface area (Å²) in [6.45, 7) is 5.98. The van der Waals surface area contributed by atoms with Gasteiger partial charge in [-0.25, -0.2) is 4.98 Å². The molecule has 0 saturated carbocycles. The Morgan fingerprint density at radius 2 is 2.00 bits per heavy atom. The minimum absolute atomic E-state index is 0.0602. The molecule has 1 heterocycles. The van der Waals surface area contributed by atoms with Gasteiger partial charge in [0.25, 0.3) is 0 Å². The molecule has 3 N–H and O–H groups in total. The molecule has 0 saturated heterocycles. The quantitative estimate of drug-likeness (QED) is 0.666. The lowest BCUT2D eigenvalue weighted by molar-refractivity contribution is 0.741. The first kappa shape index (κ1) is 8.20. The Bertz CT molecular complexity index is 204. The second kappa shape index (κ2) is 3.00. The van der Waals surface area contributed by atoms with E-state index in [1.54, 1.807) is 0 Å². The topological polar surface area (TPSA) is 67.6 Å². The molecule has 0 aliphatic heterocycles. The molecular formula is C7H14N4. The van der Waals surface area contributed by atoms with E-state index in [1.807, 2.05) is 20.8 Å². The van der Waals surface area contributed by atoms with E-state index in [9.17, 15) is 0 Å². The average Bonchev–Trinajstić information content (AvgIpc) is 2.33. The van der Waals surface area contributed by atoms with E-state index in [4.69, 9.17) is 5.73 Å². The monoisotopic (exact) mass is 154 g/mol. The van der Waals surface area contributed by atoms with E-state index in [1.165, 1.54) is 0 Å². The highest BCUT2D eigenvalue weighted by Crippen LogP contribution is 2.10. The molecular weight excluding hydrogens is 140 g/mol. The molecule has 0 fully saturated rings. The van der Waals surface area contributed by atoms with Crippen LogP contribution < -0.4 is 5.73 Å². The largest absolute Gasteiger partial charge is 0.322 e. The van der Waals surface area contributed by atoms with Gasteiger partial charge in [-0.2, -0.15) is 5.10 Å². The van der Waals surface area contributed by atoms with Gasteiger partial charge in [0, 0.05) is 5.92 Å². The first-order valence-electron chi connectivity index (χ1n) is 3.79. The number of nitrogens with two attached hydrogens (primary N) is 1. The number of nitrogens with zero attached hydrogens (tertiary/aromatic N) is 2. The number of hydrogen-bond acceptors (Lipinski definition) is 3. The summed E-state index contributed by atoms with van der Waals surface area (Å²) in [5.41, 5.74) is 5.59. The first-order chi connectivity index (χ1) is 5.11. The van der Waals surface area contributed by atoms with Gasteiger partial charge in [0.15, 0.2) is 5.82 Å². The lowest BCUT2D eigenvalue weighted by Crippen LogP contribution is -2.06. The van der Waals surface area contributed by atoms with E-state index in [-0.39, 0.29) is 6.04 Å². The summed E-state index contributed by atoms with van der Waals surface area (Å²) < 4.78 is 0. The highest BCUT2D eigenvalue weighted by Gasteiger charge is 2.08. The third-order valence-corrected chi connectivity index (χ3v) is 1.47. The minimum atomic E-state index is -0.0602. The van der Waals surface area contributed by atoms with Gasteiger partial charge < -0.3 is 5.73 Å². The van der Waals surface area contributed by atoms with Gasteiger partial charge in [0.1, 0.15) is 5.82 Å². The molecule has 0 bridgehead atoms. The summed E-state index contributed by atoms with van der Waals surface area (Å²) in [6.07, 6.45) is 0. The van der Waals surface area contributed by atoms with Crippen molar-refractivity contribution in [1.82, 2.24) is 15.2 Å². The van der Waals surface area contributed by atoms with Gasteiger partial charge in [0.2, 0.25) is 0 Å². The Balaban J connectivity index is 2.82. The second-order valence-corrected chi connectivity index (χ2v) is 3.02. The molecule has 0 spiro atoms. The van der Waals surface area contributed by atoms with Crippen LogP contribution in [0.3, 0.4) is 0 Å².